The van der Waals surface area contributed by atoms with Crippen molar-refractivity contribution < 1.29 is 14.4 Å². The third-order valence-corrected chi connectivity index (χ3v) is 4.22. The van der Waals surface area contributed by atoms with E-state index in [0.29, 0.717) is 11.3 Å². The fraction of sp³-hybridized carbons (Fsp3) is 0.190. The van der Waals surface area contributed by atoms with Gasteiger partial charge in [-0.15, -0.1) is 0 Å². The summed E-state index contributed by atoms with van der Waals surface area (Å²) in [4.78, 5) is 28.3. The van der Waals surface area contributed by atoms with Crippen LogP contribution in [0.4, 0.5) is 0 Å². The molecule has 0 saturated heterocycles. The average molecular weight is 348 g/mol. The highest BCUT2D eigenvalue weighted by Crippen LogP contribution is 2.27. The van der Waals surface area contributed by atoms with Gasteiger partial charge in [-0.05, 0) is 32.0 Å². The van der Waals surface area contributed by atoms with Gasteiger partial charge in [-0.25, -0.2) is 4.79 Å². The van der Waals surface area contributed by atoms with E-state index < -0.39 is 0 Å². The maximum absolute atomic E-state index is 12.0. The van der Waals surface area contributed by atoms with Gasteiger partial charge in [0.2, 0.25) is 0 Å². The third kappa shape index (κ3) is 3.28. The van der Waals surface area contributed by atoms with Gasteiger partial charge in [-0.1, -0.05) is 42.4 Å². The Balaban J connectivity index is 2.18. The molecule has 0 N–H and O–H groups in total. The van der Waals surface area contributed by atoms with Gasteiger partial charge in [0.1, 0.15) is 0 Å². The summed E-state index contributed by atoms with van der Waals surface area (Å²) in [7, 11) is 0. The fourth-order valence-electron chi connectivity index (χ4n) is 2.88. The Morgan fingerprint density at radius 1 is 1.00 bits per heavy atom. The van der Waals surface area contributed by atoms with Crippen molar-refractivity contribution in [1.29, 1.82) is 0 Å². The molecule has 0 aliphatic rings. The topological polar surface area (TPSA) is 60.7 Å². The van der Waals surface area contributed by atoms with Gasteiger partial charge in [0.15, 0.2) is 5.78 Å². The maximum Gasteiger partial charge on any atom is 0.334 e. The van der Waals surface area contributed by atoms with Gasteiger partial charge < -0.3 is 9.40 Å². The summed E-state index contributed by atoms with van der Waals surface area (Å²) in [5.41, 5.74) is 3.85. The second-order valence-electron chi connectivity index (χ2n) is 6.00. The quantitative estimate of drug-likeness (QED) is 0.295. The summed E-state index contributed by atoms with van der Waals surface area (Å²) in [6, 6.07) is 15.3. The third-order valence-electron chi connectivity index (χ3n) is 4.22. The number of fused-ring (bicyclic) bond motifs is 1. The predicted molar refractivity (Wildman–Crippen MR) is 102 cm³/mol. The van der Waals surface area contributed by atoms with Crippen LogP contribution in [0.2, 0.25) is 0 Å². The molecular formula is C21H20N2O3. The number of ketones is 1. The largest absolute Gasteiger partial charge is 0.334 e. The molecule has 0 bridgehead atoms. The van der Waals surface area contributed by atoms with Crippen molar-refractivity contribution in [2.75, 3.05) is 0 Å². The molecule has 0 radical (unpaired) electrons. The number of benzene rings is 2. The molecule has 1 heterocycles. The molecule has 1 aromatic heterocycles. The number of rotatable bonds is 5. The number of carbonyl (C=O) groups excluding carboxylic acids is 2. The molecule has 0 saturated carbocycles. The monoisotopic (exact) mass is 348 g/mol. The average Bonchev–Trinajstić information content (AvgIpc) is 3.05. The molecule has 5 heteroatoms. The van der Waals surface area contributed by atoms with Crippen LogP contribution in [0.5, 0.6) is 0 Å². The Morgan fingerprint density at radius 3 is 2.42 bits per heavy atom. The van der Waals surface area contributed by atoms with Crippen LogP contribution in [0, 0.1) is 0 Å². The number of Topliss-reactive ketones (excluding diaryl/α,β-unsaturated/α-hetero) is 1. The van der Waals surface area contributed by atoms with Crippen molar-refractivity contribution in [3.8, 4) is 5.69 Å². The Bertz CT molecular complexity index is 1020. The zero-order valence-corrected chi connectivity index (χ0v) is 15.0. The Kier molecular flexibility index (Phi) is 4.98. The van der Waals surface area contributed by atoms with Crippen molar-refractivity contribution in [3.05, 3.63) is 65.9 Å². The summed E-state index contributed by atoms with van der Waals surface area (Å²) < 4.78 is 1.97. The van der Waals surface area contributed by atoms with E-state index in [2.05, 4.69) is 5.16 Å². The predicted octanol–water partition coefficient (Wildman–Crippen LogP) is 4.51. The number of aromatic nitrogens is 1. The maximum atomic E-state index is 12.0. The van der Waals surface area contributed by atoms with Crippen LogP contribution >= 0.6 is 0 Å². The fourth-order valence-corrected chi connectivity index (χ4v) is 2.88. The minimum atomic E-state index is -0.380. The Labute approximate surface area is 151 Å². The van der Waals surface area contributed by atoms with Crippen LogP contribution in [-0.2, 0) is 9.63 Å². The van der Waals surface area contributed by atoms with Gasteiger partial charge in [0.05, 0.1) is 16.9 Å². The first-order valence-corrected chi connectivity index (χ1v) is 8.48. The smallest absolute Gasteiger partial charge is 0.318 e. The van der Waals surface area contributed by atoms with Crippen LogP contribution in [0.3, 0.4) is 0 Å². The molecule has 3 aromatic rings. The summed E-state index contributed by atoms with van der Waals surface area (Å²) in [6.45, 7) is 5.08. The first-order chi connectivity index (χ1) is 12.5. The van der Waals surface area contributed by atoms with E-state index >= 15 is 0 Å². The van der Waals surface area contributed by atoms with Crippen LogP contribution in [0.1, 0.15) is 43.1 Å². The van der Waals surface area contributed by atoms with Crippen molar-refractivity contribution in [2.24, 2.45) is 5.16 Å². The second-order valence-corrected chi connectivity index (χ2v) is 6.00. The summed E-state index contributed by atoms with van der Waals surface area (Å²) >= 11 is 0. The molecule has 0 amide bonds. The van der Waals surface area contributed by atoms with E-state index in [1.807, 2.05) is 59.3 Å². The SMILES string of the molecule is CCC(=O)O/N=C(\C)c1cn(-c2ccccc2C(C)=O)c2ccccc12. The molecule has 0 aliphatic carbocycles. The zero-order chi connectivity index (χ0) is 18.7. The molecule has 3 rings (SSSR count). The molecular weight excluding hydrogens is 328 g/mol. The molecule has 26 heavy (non-hydrogen) atoms. The molecule has 2 aromatic carbocycles. The molecule has 5 nitrogen and oxygen atoms in total. The van der Waals surface area contributed by atoms with Crippen LogP contribution in [0.15, 0.2) is 59.9 Å². The minimum absolute atomic E-state index is 0.00203. The van der Waals surface area contributed by atoms with Crippen LogP contribution in [0.25, 0.3) is 16.6 Å². The highest BCUT2D eigenvalue weighted by atomic mass is 16.7. The van der Waals surface area contributed by atoms with Gasteiger partial charge in [0, 0.05) is 29.1 Å². The summed E-state index contributed by atoms with van der Waals surface area (Å²) in [6.07, 6.45) is 2.19. The van der Waals surface area contributed by atoms with E-state index in [-0.39, 0.29) is 18.2 Å². The number of hydrogen-bond donors (Lipinski definition) is 0. The normalized spacial score (nSPS) is 11.6. The van der Waals surface area contributed by atoms with Crippen molar-refractivity contribution in [1.82, 2.24) is 4.57 Å². The van der Waals surface area contributed by atoms with Crippen molar-refractivity contribution in [2.45, 2.75) is 27.2 Å². The van der Waals surface area contributed by atoms with E-state index in [9.17, 15) is 9.59 Å². The van der Waals surface area contributed by atoms with Gasteiger partial charge in [0.25, 0.3) is 0 Å². The van der Waals surface area contributed by atoms with Crippen molar-refractivity contribution in [3.63, 3.8) is 0 Å². The highest BCUT2D eigenvalue weighted by Gasteiger charge is 2.15. The molecule has 0 unspecified atom stereocenters. The second kappa shape index (κ2) is 7.35. The Hall–Kier alpha value is -3.21. The van der Waals surface area contributed by atoms with Crippen molar-refractivity contribution >= 4 is 28.4 Å². The first kappa shape index (κ1) is 17.6. The lowest BCUT2D eigenvalue weighted by atomic mass is 10.1. The van der Waals surface area contributed by atoms with E-state index in [0.717, 1.165) is 22.2 Å². The number of nitrogens with zero attached hydrogens (tertiary/aromatic N) is 2. The van der Waals surface area contributed by atoms with Crippen LogP contribution in [-0.4, -0.2) is 22.0 Å². The van der Waals surface area contributed by atoms with Crippen LogP contribution < -0.4 is 0 Å². The molecule has 0 spiro atoms. The van der Waals surface area contributed by atoms with Gasteiger partial charge >= 0.3 is 5.97 Å². The lowest BCUT2D eigenvalue weighted by Gasteiger charge is -2.09. The van der Waals surface area contributed by atoms with E-state index in [1.54, 1.807) is 20.8 Å². The van der Waals surface area contributed by atoms with Gasteiger partial charge in [-0.2, -0.15) is 0 Å². The molecule has 132 valence electrons. The minimum Gasteiger partial charge on any atom is -0.318 e. The standard InChI is InChI=1S/C21H20N2O3/c1-4-21(25)26-22-14(2)18-13-23(20-12-8-6-10-17(18)20)19-11-7-5-9-16(19)15(3)24/h5-13H,4H2,1-3H3/b22-14+. The number of carbonyl (C=O) groups is 2. The highest BCUT2D eigenvalue weighted by molar-refractivity contribution is 6.10. The number of hydrogen-bond acceptors (Lipinski definition) is 4. The first-order valence-electron chi connectivity index (χ1n) is 8.48. The molecule has 0 atom stereocenters. The van der Waals surface area contributed by atoms with E-state index in [4.69, 9.17) is 4.84 Å². The Morgan fingerprint density at radius 2 is 1.69 bits per heavy atom. The lowest BCUT2D eigenvalue weighted by molar-refractivity contribution is -0.143. The number of para-hydroxylation sites is 2. The lowest BCUT2D eigenvalue weighted by Crippen LogP contribution is -2.03. The molecule has 0 aliphatic heterocycles. The van der Waals surface area contributed by atoms with E-state index in [1.165, 1.54) is 0 Å². The molecule has 0 fully saturated rings. The summed E-state index contributed by atoms with van der Waals surface area (Å²) in [5.74, 6) is -0.378. The summed E-state index contributed by atoms with van der Waals surface area (Å²) in [5, 5.41) is 4.94. The van der Waals surface area contributed by atoms with Gasteiger partial charge in [-0.3, -0.25) is 4.79 Å². The zero-order valence-electron chi connectivity index (χ0n) is 15.0. The number of oxime groups is 1.